The van der Waals surface area contributed by atoms with Crippen LogP contribution in [0.3, 0.4) is 0 Å². The number of rotatable bonds is 41. The first-order valence-electron chi connectivity index (χ1n) is 24.9. The van der Waals surface area contributed by atoms with Crippen LogP contribution in [0.4, 0.5) is 0 Å². The zero-order valence-corrected chi connectivity index (χ0v) is 40.0. The molecule has 0 aliphatic heterocycles. The van der Waals surface area contributed by atoms with Gasteiger partial charge in [-0.15, -0.1) is 0 Å². The number of unbranched alkanes of at least 4 members (excludes halogenated alkanes) is 27. The van der Waals surface area contributed by atoms with Crippen molar-refractivity contribution in [3.63, 3.8) is 0 Å². The van der Waals surface area contributed by atoms with Gasteiger partial charge in [0.15, 0.2) is 0 Å². The van der Waals surface area contributed by atoms with E-state index in [0.717, 1.165) is 25.3 Å². The van der Waals surface area contributed by atoms with E-state index >= 15 is 0 Å². The molecule has 0 aliphatic rings. The molecule has 0 saturated carbocycles. The predicted molar refractivity (Wildman–Crippen MR) is 253 cm³/mol. The van der Waals surface area contributed by atoms with Crippen LogP contribution in [0.2, 0.25) is 0 Å². The van der Waals surface area contributed by atoms with Crippen LogP contribution in [0.1, 0.15) is 273 Å². The number of ketones is 1. The molecule has 0 heterocycles. The molecule has 4 N–H and O–H groups in total. The van der Waals surface area contributed by atoms with Gasteiger partial charge in [0.2, 0.25) is 0 Å². The summed E-state index contributed by atoms with van der Waals surface area (Å²) in [5.74, 6) is 1.35. The predicted octanol–water partition coefficient (Wildman–Crippen LogP) is 15.6. The summed E-state index contributed by atoms with van der Waals surface area (Å²) in [7, 11) is 1.50. The number of nitrogens with two attached hydrogens (primary N) is 1. The molecule has 0 aromatic carbocycles. The zero-order chi connectivity index (χ0) is 43.7. The maximum Gasteiger partial charge on any atom is 0.290 e. The van der Waals surface area contributed by atoms with E-state index in [-0.39, 0.29) is 12.9 Å². The molecule has 0 aromatic heterocycles. The molecular weight excluding hydrogens is 709 g/mol. The fraction of sp³-hybridized carbons (Fsp3) is 0.940. The van der Waals surface area contributed by atoms with Crippen molar-refractivity contribution in [2.75, 3.05) is 26.7 Å². The Morgan fingerprint density at radius 1 is 0.439 bits per heavy atom. The molecule has 0 fully saturated rings. The van der Waals surface area contributed by atoms with Gasteiger partial charge in [0.05, 0.1) is 0 Å². The van der Waals surface area contributed by atoms with Crippen molar-refractivity contribution >= 4 is 18.7 Å². The summed E-state index contributed by atoms with van der Waals surface area (Å²) in [6.07, 6.45) is 50.6. The van der Waals surface area contributed by atoms with Crippen molar-refractivity contribution in [2.24, 2.45) is 11.7 Å². The summed E-state index contributed by atoms with van der Waals surface area (Å²) in [4.78, 5) is 31.0. The summed E-state index contributed by atoms with van der Waals surface area (Å²) >= 11 is 0. The fourth-order valence-corrected chi connectivity index (χ4v) is 7.58. The second-order valence-electron chi connectivity index (χ2n) is 16.0. The molecule has 0 atom stereocenters. The molecule has 57 heavy (non-hydrogen) atoms. The van der Waals surface area contributed by atoms with Crippen LogP contribution in [0.25, 0.3) is 0 Å². The van der Waals surface area contributed by atoms with Crippen LogP contribution < -0.4 is 5.73 Å². The van der Waals surface area contributed by atoms with Crippen LogP contribution in [0.15, 0.2) is 0 Å². The van der Waals surface area contributed by atoms with Crippen molar-refractivity contribution in [1.82, 2.24) is 4.90 Å². The molecule has 0 rings (SSSR count). The minimum absolute atomic E-state index is 0.250. The Labute approximate surface area is 358 Å². The van der Waals surface area contributed by atoms with Gasteiger partial charge < -0.3 is 25.6 Å². The Balaban J connectivity index is -0.000000816. The molecule has 0 unspecified atom stereocenters. The van der Waals surface area contributed by atoms with E-state index in [0.29, 0.717) is 5.78 Å². The minimum atomic E-state index is -0.250. The maximum absolute atomic E-state index is 11.5. The Kier molecular flexibility index (Phi) is 75.3. The van der Waals surface area contributed by atoms with Crippen molar-refractivity contribution in [3.05, 3.63) is 0 Å². The lowest BCUT2D eigenvalue weighted by molar-refractivity contribution is -0.123. The molecule has 0 aromatic rings. The molecule has 0 saturated heterocycles. The Morgan fingerprint density at radius 2 is 0.649 bits per heavy atom. The Morgan fingerprint density at radius 3 is 0.895 bits per heavy atom. The van der Waals surface area contributed by atoms with Gasteiger partial charge in [0.1, 0.15) is 5.78 Å². The lowest BCUT2D eigenvalue weighted by Gasteiger charge is -2.22. The second kappa shape index (κ2) is 66.3. The first-order valence-corrected chi connectivity index (χ1v) is 24.9. The van der Waals surface area contributed by atoms with E-state index in [1.54, 1.807) is 6.92 Å². The van der Waals surface area contributed by atoms with Crippen LogP contribution in [0, 0.1) is 5.92 Å². The maximum atomic E-state index is 11.5. The number of carboxylic acid groups (broad SMARTS) is 2. The van der Waals surface area contributed by atoms with E-state index in [1.807, 2.05) is 13.8 Å². The normalized spacial score (nSPS) is 10.4. The van der Waals surface area contributed by atoms with Gasteiger partial charge in [-0.3, -0.25) is 9.59 Å². The minimum Gasteiger partial charge on any atom is -0.483 e. The monoisotopic (exact) mass is 815 g/mol. The second-order valence-corrected chi connectivity index (χ2v) is 16.0. The summed E-state index contributed by atoms with van der Waals surface area (Å²) in [6, 6.07) is 0. The number of carbonyl (C=O) groups excluding carboxylic acids is 1. The highest BCUT2D eigenvalue weighted by Gasteiger charge is 2.10. The third-order valence-corrected chi connectivity index (χ3v) is 10.8. The van der Waals surface area contributed by atoms with Crippen molar-refractivity contribution in [3.8, 4) is 0 Å². The van der Waals surface area contributed by atoms with E-state index in [9.17, 15) is 4.79 Å². The van der Waals surface area contributed by atoms with E-state index in [4.69, 9.17) is 19.8 Å². The fourth-order valence-electron chi connectivity index (χ4n) is 7.58. The first kappa shape index (κ1) is 64.7. The topological polar surface area (TPSA) is 121 Å². The highest BCUT2D eigenvalue weighted by molar-refractivity contribution is 5.75. The van der Waals surface area contributed by atoms with Gasteiger partial charge >= 0.3 is 0 Å². The summed E-state index contributed by atoms with van der Waals surface area (Å²) < 4.78 is 0. The standard InChI is InChI=1S/C45H91NO.C2H6.CH5N.2CH2O2/c1-5-8-11-14-17-18-19-20-21-22-23-24-29-34-41-46(43-36-37-44(4)47)42-35-30-25-28-33-40-45(38-31-26-15-12-9-6-2)39-32-27-16-13-10-7-3;2*1-2;2*2-1-3/h45H,5-43H2,1-4H3;1-2H3;2H2,1H3;2*1H,(H,2,3). The van der Waals surface area contributed by atoms with Gasteiger partial charge in [-0.05, 0) is 58.8 Å². The number of Topliss-reactive ketones (excluding diaryl/α,β-unsaturated/α-hetero) is 1. The Hall–Kier alpha value is -1.47. The molecule has 0 radical (unpaired) electrons. The quantitative estimate of drug-likeness (QED) is 0.0415. The van der Waals surface area contributed by atoms with Gasteiger partial charge in [0, 0.05) is 6.42 Å². The first-order chi connectivity index (χ1) is 28.0. The molecular formula is C50H106N2O5. The van der Waals surface area contributed by atoms with Crippen LogP contribution >= 0.6 is 0 Å². The van der Waals surface area contributed by atoms with Gasteiger partial charge in [-0.2, -0.15) is 0 Å². The van der Waals surface area contributed by atoms with Gasteiger partial charge in [0.25, 0.3) is 12.9 Å². The van der Waals surface area contributed by atoms with E-state index in [2.05, 4.69) is 31.4 Å². The molecule has 7 nitrogen and oxygen atoms in total. The Bertz CT molecular complexity index is 672. The van der Waals surface area contributed by atoms with Crippen molar-refractivity contribution in [2.45, 2.75) is 273 Å². The molecule has 0 amide bonds. The van der Waals surface area contributed by atoms with Crippen molar-refractivity contribution < 1.29 is 24.6 Å². The number of hydrogen-bond acceptors (Lipinski definition) is 5. The van der Waals surface area contributed by atoms with Crippen LogP contribution in [-0.2, 0) is 14.4 Å². The third kappa shape index (κ3) is 69.5. The number of hydrogen-bond donors (Lipinski definition) is 3. The third-order valence-electron chi connectivity index (χ3n) is 10.8. The summed E-state index contributed by atoms with van der Waals surface area (Å²) in [5.41, 5.74) is 4.50. The SMILES string of the molecule is CC.CCCCCCCCCCCCCCCCN(CCCCCCCC(CCCCCCCC)CCCCCCCC)CCCC(C)=O.CN.O=CO.O=CO. The molecule has 0 bridgehead atoms. The van der Waals surface area contributed by atoms with Gasteiger partial charge in [-0.25, -0.2) is 0 Å². The zero-order valence-electron chi connectivity index (χ0n) is 40.0. The van der Waals surface area contributed by atoms with Gasteiger partial charge in [-0.1, -0.05) is 240 Å². The summed E-state index contributed by atoms with van der Waals surface area (Å²) in [6.45, 7) is 15.8. The lowest BCUT2D eigenvalue weighted by atomic mass is 9.89. The van der Waals surface area contributed by atoms with E-state index in [1.165, 1.54) is 238 Å². The summed E-state index contributed by atoms with van der Waals surface area (Å²) in [5, 5.41) is 13.8. The molecule has 346 valence electrons. The average Bonchev–Trinajstić information content (AvgIpc) is 3.21. The van der Waals surface area contributed by atoms with Crippen LogP contribution in [0.5, 0.6) is 0 Å². The highest BCUT2D eigenvalue weighted by atomic mass is 16.3. The molecule has 7 heteroatoms. The van der Waals surface area contributed by atoms with Crippen molar-refractivity contribution in [1.29, 1.82) is 0 Å². The number of nitrogens with zero attached hydrogens (tertiary/aromatic N) is 1. The van der Waals surface area contributed by atoms with Crippen LogP contribution in [-0.4, -0.2) is 60.5 Å². The number of carbonyl (C=O) groups is 3. The average molecular weight is 815 g/mol. The molecule has 0 aliphatic carbocycles. The van der Waals surface area contributed by atoms with E-state index < -0.39 is 0 Å². The smallest absolute Gasteiger partial charge is 0.290 e. The largest absolute Gasteiger partial charge is 0.483 e. The molecule has 0 spiro atoms. The lowest BCUT2D eigenvalue weighted by Crippen LogP contribution is -2.27. The highest BCUT2D eigenvalue weighted by Crippen LogP contribution is 2.25.